The number of likely N-dealkylation sites (N-methyl/N-ethyl adjacent to an activating group) is 1. The summed E-state index contributed by atoms with van der Waals surface area (Å²) in [5.74, 6) is -0.443. The molecule has 0 radical (unpaired) electrons. The number of fused-ring (bicyclic) bond motifs is 2. The Labute approximate surface area is 177 Å². The highest BCUT2D eigenvalue weighted by molar-refractivity contribution is 7.51. The van der Waals surface area contributed by atoms with Crippen molar-refractivity contribution in [2.45, 2.75) is 25.7 Å². The topological polar surface area (TPSA) is 44.1 Å². The van der Waals surface area contributed by atoms with Crippen molar-refractivity contribution in [3.8, 4) is 0 Å². The van der Waals surface area contributed by atoms with Gasteiger partial charge in [-0.05, 0) is 38.4 Å². The molecule has 0 N–H and O–H groups in total. The molecule has 5 heterocycles. The summed E-state index contributed by atoms with van der Waals surface area (Å²) < 4.78 is 16.2. The van der Waals surface area contributed by atoms with Gasteiger partial charge in [0.1, 0.15) is 0 Å². The fourth-order valence-electron chi connectivity index (χ4n) is 4.23. The molecule has 2 aromatic rings. The van der Waals surface area contributed by atoms with Gasteiger partial charge in [-0.15, -0.1) is 0 Å². The van der Waals surface area contributed by atoms with Gasteiger partial charge in [-0.25, -0.2) is 9.37 Å². The molecule has 0 aromatic carbocycles. The first kappa shape index (κ1) is 19.5. The molecule has 1 amide bonds. The number of carbonyl (C=O) groups is 1. The molecule has 3 aliphatic rings. The molecular formula is C22H25FN5OP. The zero-order valence-electron chi connectivity index (χ0n) is 17.3. The summed E-state index contributed by atoms with van der Waals surface area (Å²) in [5, 5.41) is 0.878. The van der Waals surface area contributed by atoms with Crippen molar-refractivity contribution >= 4 is 25.4 Å². The SMILES string of the molecule is Cc1cn2cc(C3=CC(=O)N4C=C(N5CCN(C)[C@H](C)C5)C=CC4P3)cc(F)c2n1. The van der Waals surface area contributed by atoms with E-state index in [4.69, 9.17) is 0 Å². The average Bonchev–Trinajstić information content (AvgIpc) is 3.10. The minimum Gasteiger partial charge on any atom is -0.368 e. The number of allylic oxidation sites excluding steroid dienone is 1. The van der Waals surface area contributed by atoms with Crippen molar-refractivity contribution in [2.24, 2.45) is 0 Å². The number of hydrogen-bond donors (Lipinski definition) is 0. The molecule has 2 unspecified atom stereocenters. The Hall–Kier alpha value is -2.50. The Bertz CT molecular complexity index is 1120. The average molecular weight is 425 g/mol. The Morgan fingerprint density at radius 1 is 1.27 bits per heavy atom. The van der Waals surface area contributed by atoms with E-state index in [1.807, 2.05) is 24.2 Å². The molecule has 3 atom stereocenters. The fourth-order valence-corrected chi connectivity index (χ4v) is 5.59. The maximum Gasteiger partial charge on any atom is 0.252 e. The summed E-state index contributed by atoms with van der Waals surface area (Å²) in [6.45, 7) is 6.98. The summed E-state index contributed by atoms with van der Waals surface area (Å²) in [5.41, 5.74) is 2.90. The largest absolute Gasteiger partial charge is 0.368 e. The number of nitrogens with zero attached hydrogens (tertiary/aromatic N) is 5. The zero-order valence-corrected chi connectivity index (χ0v) is 18.3. The van der Waals surface area contributed by atoms with Crippen LogP contribution in [-0.4, -0.2) is 68.5 Å². The Morgan fingerprint density at radius 2 is 2.10 bits per heavy atom. The van der Waals surface area contributed by atoms with E-state index in [1.165, 1.54) is 6.07 Å². The summed E-state index contributed by atoms with van der Waals surface area (Å²) in [6, 6.07) is 1.97. The predicted octanol–water partition coefficient (Wildman–Crippen LogP) is 3.02. The number of imidazole rings is 1. The third-order valence-electron chi connectivity index (χ3n) is 6.11. The normalized spacial score (nSPS) is 25.7. The molecule has 30 heavy (non-hydrogen) atoms. The molecule has 1 fully saturated rings. The van der Waals surface area contributed by atoms with E-state index >= 15 is 0 Å². The lowest BCUT2D eigenvalue weighted by molar-refractivity contribution is -0.123. The third kappa shape index (κ3) is 3.36. The molecular weight excluding hydrogens is 400 g/mol. The van der Waals surface area contributed by atoms with Crippen LogP contribution in [0.4, 0.5) is 4.39 Å². The number of aromatic nitrogens is 2. The minimum atomic E-state index is -0.369. The van der Waals surface area contributed by atoms with Crippen LogP contribution in [0.1, 0.15) is 18.2 Å². The van der Waals surface area contributed by atoms with Crippen molar-refractivity contribution in [1.29, 1.82) is 0 Å². The monoisotopic (exact) mass is 425 g/mol. The molecule has 0 bridgehead atoms. The summed E-state index contributed by atoms with van der Waals surface area (Å²) in [7, 11) is 2.51. The van der Waals surface area contributed by atoms with Gasteiger partial charge in [0, 0.05) is 55.9 Å². The molecule has 8 heteroatoms. The third-order valence-corrected chi connectivity index (χ3v) is 7.62. The van der Waals surface area contributed by atoms with Crippen LogP contribution in [0.15, 0.2) is 48.6 Å². The van der Waals surface area contributed by atoms with E-state index in [1.54, 1.807) is 16.7 Å². The van der Waals surface area contributed by atoms with E-state index in [0.29, 0.717) is 20.3 Å². The molecule has 2 aromatic heterocycles. The van der Waals surface area contributed by atoms with Gasteiger partial charge >= 0.3 is 0 Å². The standard InChI is InChI=1S/C22H25FN5OP/c1-14-10-27-12-16(8-18(23)22(27)24-14)19-9-20(29)28-13-17(4-5-21(28)30-19)26-7-6-25(3)15(2)11-26/h4-5,8-10,12-13,15,21,30H,6-7,11H2,1-3H3/t15-,21?/m1/s1. The first-order chi connectivity index (χ1) is 14.4. The minimum absolute atomic E-state index is 0.0191. The van der Waals surface area contributed by atoms with Gasteiger partial charge in [-0.1, -0.05) is 14.7 Å². The molecule has 3 aliphatic heterocycles. The summed E-state index contributed by atoms with van der Waals surface area (Å²) >= 11 is 0. The molecule has 1 saturated heterocycles. The summed E-state index contributed by atoms with van der Waals surface area (Å²) in [4.78, 5) is 23.7. The molecule has 5 rings (SSSR count). The Kier molecular flexibility index (Phi) is 4.75. The number of amides is 1. The number of halogens is 1. The van der Waals surface area contributed by atoms with Crippen LogP contribution < -0.4 is 0 Å². The van der Waals surface area contributed by atoms with Crippen molar-refractivity contribution < 1.29 is 9.18 Å². The fraction of sp³-hybridized carbons (Fsp3) is 0.364. The van der Waals surface area contributed by atoms with Crippen LogP contribution in [0.5, 0.6) is 0 Å². The quantitative estimate of drug-likeness (QED) is 0.694. The molecule has 0 aliphatic carbocycles. The first-order valence-corrected chi connectivity index (χ1v) is 11.3. The van der Waals surface area contributed by atoms with Crippen LogP contribution in [0.2, 0.25) is 0 Å². The van der Waals surface area contributed by atoms with Crippen LogP contribution in [0.3, 0.4) is 0 Å². The number of hydrogen-bond acceptors (Lipinski definition) is 4. The molecule has 0 spiro atoms. The second-order valence-corrected chi connectivity index (χ2v) is 9.69. The maximum atomic E-state index is 14.5. The highest BCUT2D eigenvalue weighted by atomic mass is 31.1. The number of pyridine rings is 1. The maximum absolute atomic E-state index is 14.5. The second kappa shape index (κ2) is 7.33. The van der Waals surface area contributed by atoms with Crippen molar-refractivity contribution in [3.63, 3.8) is 0 Å². The van der Waals surface area contributed by atoms with Gasteiger partial charge in [-0.3, -0.25) is 4.79 Å². The van der Waals surface area contributed by atoms with E-state index in [-0.39, 0.29) is 17.5 Å². The summed E-state index contributed by atoms with van der Waals surface area (Å²) in [6.07, 6.45) is 11.5. The predicted molar refractivity (Wildman–Crippen MR) is 118 cm³/mol. The van der Waals surface area contributed by atoms with Crippen molar-refractivity contribution in [1.82, 2.24) is 24.1 Å². The van der Waals surface area contributed by atoms with Gasteiger partial charge in [0.25, 0.3) is 5.91 Å². The molecule has 0 saturated carbocycles. The second-order valence-electron chi connectivity index (χ2n) is 8.27. The van der Waals surface area contributed by atoms with Gasteiger partial charge in [0.15, 0.2) is 11.5 Å². The van der Waals surface area contributed by atoms with E-state index in [9.17, 15) is 9.18 Å². The highest BCUT2D eigenvalue weighted by Crippen LogP contribution is 2.45. The Balaban J connectivity index is 1.41. The van der Waals surface area contributed by atoms with E-state index in [2.05, 4.69) is 40.9 Å². The lowest BCUT2D eigenvalue weighted by Gasteiger charge is -2.42. The van der Waals surface area contributed by atoms with Crippen molar-refractivity contribution in [2.75, 3.05) is 26.7 Å². The smallest absolute Gasteiger partial charge is 0.252 e. The highest BCUT2D eigenvalue weighted by Gasteiger charge is 2.31. The number of aryl methyl sites for hydroxylation is 1. The van der Waals surface area contributed by atoms with Crippen LogP contribution >= 0.6 is 8.58 Å². The lowest BCUT2D eigenvalue weighted by atomic mass is 10.1. The number of piperazine rings is 1. The van der Waals surface area contributed by atoms with Gasteiger partial charge in [0.2, 0.25) is 0 Å². The van der Waals surface area contributed by atoms with Gasteiger partial charge in [0.05, 0.1) is 17.2 Å². The number of rotatable bonds is 2. The van der Waals surface area contributed by atoms with Crippen LogP contribution in [0, 0.1) is 12.7 Å². The zero-order chi connectivity index (χ0) is 21.0. The van der Waals surface area contributed by atoms with Crippen molar-refractivity contribution in [3.05, 3.63) is 65.7 Å². The molecule has 6 nitrogen and oxygen atoms in total. The van der Waals surface area contributed by atoms with E-state index in [0.717, 1.165) is 41.9 Å². The van der Waals surface area contributed by atoms with Crippen LogP contribution in [-0.2, 0) is 4.79 Å². The Morgan fingerprint density at radius 3 is 2.90 bits per heavy atom. The van der Waals surface area contributed by atoms with Crippen LogP contribution in [0.25, 0.3) is 11.0 Å². The van der Waals surface area contributed by atoms with E-state index < -0.39 is 0 Å². The van der Waals surface area contributed by atoms with Gasteiger partial charge < -0.3 is 19.1 Å². The molecule has 156 valence electrons. The lowest BCUT2D eigenvalue weighted by Crippen LogP contribution is -2.50. The van der Waals surface area contributed by atoms with Gasteiger partial charge in [-0.2, -0.15) is 0 Å². The number of carbonyl (C=O) groups excluding carboxylic acids is 1. The first-order valence-electron chi connectivity index (χ1n) is 10.2.